The van der Waals surface area contributed by atoms with Crippen LogP contribution in [0.25, 0.3) is 0 Å². The van der Waals surface area contributed by atoms with Crippen LogP contribution >= 0.6 is 10.5 Å². The Bertz CT molecular complexity index is 469. The summed E-state index contributed by atoms with van der Waals surface area (Å²) in [6, 6.07) is 0.137. The highest BCUT2D eigenvalue weighted by Crippen LogP contribution is 2.22. The molecule has 5 heteroatoms. The summed E-state index contributed by atoms with van der Waals surface area (Å²) in [6.45, 7) is 0. The van der Waals surface area contributed by atoms with E-state index in [-0.39, 0.29) is 16.5 Å². The van der Waals surface area contributed by atoms with Gasteiger partial charge in [0.2, 0.25) is 10.0 Å². The van der Waals surface area contributed by atoms with Crippen molar-refractivity contribution in [1.29, 1.82) is 0 Å². The monoisotopic (exact) mass is 273 g/mol. The maximum absolute atomic E-state index is 12.2. The van der Waals surface area contributed by atoms with E-state index in [0.717, 1.165) is 25.7 Å². The molecule has 1 aliphatic carbocycles. The van der Waals surface area contributed by atoms with Crippen molar-refractivity contribution in [3.8, 4) is 0 Å². The summed E-state index contributed by atoms with van der Waals surface area (Å²) in [5.74, 6) is 0. The first kappa shape index (κ1) is 13.1. The molecule has 0 radical (unpaired) electrons. The Morgan fingerprint density at radius 1 is 1.24 bits per heavy atom. The Kier molecular flexibility index (Phi) is 4.22. The first-order valence-electron chi connectivity index (χ1n) is 5.98. The number of hydrogen-bond donors (Lipinski definition) is 1. The van der Waals surface area contributed by atoms with Crippen LogP contribution in [-0.4, -0.2) is 24.9 Å². The molecule has 0 aromatic carbocycles. The molecule has 17 heavy (non-hydrogen) atoms. The zero-order chi connectivity index (χ0) is 12.3. The van der Waals surface area contributed by atoms with Crippen LogP contribution in [0, 0.1) is 0 Å². The minimum absolute atomic E-state index is 0.137. The summed E-state index contributed by atoms with van der Waals surface area (Å²) in [7, 11) is -3.59. The first-order chi connectivity index (χ1) is 8.09. The average molecular weight is 273 g/mol. The fraction of sp³-hybridized carbons (Fsp3) is 0.583. The molecule has 3 nitrogen and oxygen atoms in total. The molecule has 1 unspecified atom stereocenters. The lowest BCUT2D eigenvalue weighted by molar-refractivity contribution is 0.414. The van der Waals surface area contributed by atoms with E-state index in [1.54, 1.807) is 12.2 Å². The van der Waals surface area contributed by atoms with Gasteiger partial charge < -0.3 is 0 Å². The molecule has 0 aromatic heterocycles. The maximum Gasteiger partial charge on any atom is 0.246 e. The Labute approximate surface area is 106 Å². The predicted octanol–water partition coefficient (Wildman–Crippen LogP) is 2.35. The Hall–Kier alpha value is -0.390. The van der Waals surface area contributed by atoms with E-state index in [0.29, 0.717) is 4.20 Å². The van der Waals surface area contributed by atoms with Gasteiger partial charge in [-0.05, 0) is 30.6 Å². The number of sulfonamides is 1. The van der Waals surface area contributed by atoms with Crippen LogP contribution in [0.3, 0.4) is 0 Å². The number of hydrogen-bond acceptors (Lipinski definition) is 2. The van der Waals surface area contributed by atoms with Gasteiger partial charge in [0, 0.05) is 6.04 Å². The second-order valence-electron chi connectivity index (χ2n) is 4.52. The molecule has 0 aromatic rings. The van der Waals surface area contributed by atoms with E-state index >= 15 is 0 Å². The normalized spacial score (nSPS) is 26.4. The molecule has 1 aliphatic heterocycles. The van der Waals surface area contributed by atoms with Crippen molar-refractivity contribution in [2.24, 2.45) is 0 Å². The molecule has 96 valence electrons. The maximum atomic E-state index is 12.2. The largest absolute Gasteiger partial charge is 0.246 e. The molecule has 0 bridgehead atoms. The van der Waals surface area contributed by atoms with Gasteiger partial charge in [-0.3, -0.25) is 0 Å². The summed E-state index contributed by atoms with van der Waals surface area (Å²) in [5.41, 5.74) is 0. The van der Waals surface area contributed by atoms with E-state index in [2.05, 4.69) is 4.72 Å². The van der Waals surface area contributed by atoms with Gasteiger partial charge >= 0.3 is 0 Å². The van der Waals surface area contributed by atoms with Crippen LogP contribution in [-0.2, 0) is 10.0 Å². The van der Waals surface area contributed by atoms with Crippen molar-refractivity contribution in [2.75, 3.05) is 6.26 Å². The Balaban J connectivity index is 2.13. The van der Waals surface area contributed by atoms with Gasteiger partial charge in [-0.2, -0.15) is 0 Å². The molecular formula is C12H19NO2S2. The lowest BCUT2D eigenvalue weighted by Crippen LogP contribution is -2.39. The van der Waals surface area contributed by atoms with E-state index < -0.39 is 10.0 Å². The highest BCUT2D eigenvalue weighted by Gasteiger charge is 2.23. The van der Waals surface area contributed by atoms with Gasteiger partial charge in [-0.25, -0.2) is 13.1 Å². The van der Waals surface area contributed by atoms with Crippen LogP contribution in [0.5, 0.6) is 0 Å². The molecule has 1 fully saturated rings. The standard InChI is InChI=1S/C12H19NO2S2/c1-16-10-6-5-9-12(16)17(14,15)13-11-7-3-2-4-8-11/h5-6,9-11,13H,2-4,7-8H2,1H3. The lowest BCUT2D eigenvalue weighted by Gasteiger charge is -2.23. The van der Waals surface area contributed by atoms with Gasteiger partial charge in [0.25, 0.3) is 0 Å². The van der Waals surface area contributed by atoms with E-state index in [1.807, 2.05) is 17.7 Å². The van der Waals surface area contributed by atoms with Crippen molar-refractivity contribution in [2.45, 2.75) is 38.1 Å². The van der Waals surface area contributed by atoms with Crippen molar-refractivity contribution in [1.82, 2.24) is 4.72 Å². The minimum Gasteiger partial charge on any atom is -0.208 e. The zero-order valence-corrected chi connectivity index (χ0v) is 11.7. The molecule has 0 amide bonds. The summed E-state index contributed by atoms with van der Waals surface area (Å²) in [4.78, 5) is 0. The molecular weight excluding hydrogens is 254 g/mol. The molecule has 0 spiro atoms. The summed E-state index contributed by atoms with van der Waals surface area (Å²) >= 11 is 0. The van der Waals surface area contributed by atoms with Crippen LogP contribution in [0.2, 0.25) is 0 Å². The van der Waals surface area contributed by atoms with Crippen molar-refractivity contribution in [3.63, 3.8) is 0 Å². The van der Waals surface area contributed by atoms with Gasteiger partial charge in [0.1, 0.15) is 4.20 Å². The molecule has 1 heterocycles. The molecule has 1 N–H and O–H groups in total. The second kappa shape index (κ2) is 5.50. The summed E-state index contributed by atoms with van der Waals surface area (Å²) in [5, 5.41) is 1.94. The highest BCUT2D eigenvalue weighted by atomic mass is 32.3. The molecule has 0 saturated heterocycles. The number of rotatable bonds is 2. The van der Waals surface area contributed by atoms with Crippen molar-refractivity contribution < 1.29 is 8.42 Å². The van der Waals surface area contributed by atoms with Gasteiger partial charge in [-0.15, -0.1) is 10.5 Å². The first-order valence-corrected chi connectivity index (χ1v) is 9.16. The fourth-order valence-corrected chi connectivity index (χ4v) is 5.73. The second-order valence-corrected chi connectivity index (χ2v) is 8.29. The third-order valence-electron chi connectivity index (χ3n) is 3.14. The summed E-state index contributed by atoms with van der Waals surface area (Å²) in [6.07, 6.45) is 12.8. The van der Waals surface area contributed by atoms with E-state index in [9.17, 15) is 8.42 Å². The van der Waals surface area contributed by atoms with Gasteiger partial charge in [0.05, 0.1) is 0 Å². The quantitative estimate of drug-likeness (QED) is 0.785. The Morgan fingerprint density at radius 2 is 1.94 bits per heavy atom. The SMILES string of the molecule is CS1=C(S(=O)(=O)NC2CCCCC2)C=CC=C1. The zero-order valence-electron chi connectivity index (χ0n) is 10.1. The van der Waals surface area contributed by atoms with Gasteiger partial charge in [0.15, 0.2) is 0 Å². The van der Waals surface area contributed by atoms with Crippen molar-refractivity contribution in [3.05, 3.63) is 23.6 Å². The topological polar surface area (TPSA) is 46.2 Å². The van der Waals surface area contributed by atoms with E-state index in [1.165, 1.54) is 6.42 Å². The molecule has 1 saturated carbocycles. The molecule has 2 aliphatic rings. The summed E-state index contributed by atoms with van der Waals surface area (Å²) < 4.78 is 27.8. The number of allylic oxidation sites excluding steroid dienone is 2. The van der Waals surface area contributed by atoms with Crippen LogP contribution in [0.1, 0.15) is 32.1 Å². The van der Waals surface area contributed by atoms with Crippen LogP contribution in [0.15, 0.2) is 23.6 Å². The van der Waals surface area contributed by atoms with Gasteiger partial charge in [-0.1, -0.05) is 31.4 Å². The number of nitrogens with one attached hydrogen (secondary N) is 1. The highest BCUT2D eigenvalue weighted by molar-refractivity contribution is 8.31. The van der Waals surface area contributed by atoms with Crippen molar-refractivity contribution >= 4 is 24.7 Å². The molecule has 2 rings (SSSR count). The third kappa shape index (κ3) is 3.30. The lowest BCUT2D eigenvalue weighted by atomic mass is 9.96. The van der Waals surface area contributed by atoms with Crippen LogP contribution in [0.4, 0.5) is 0 Å². The average Bonchev–Trinajstić information content (AvgIpc) is 2.30. The van der Waals surface area contributed by atoms with Crippen LogP contribution < -0.4 is 4.72 Å². The smallest absolute Gasteiger partial charge is 0.208 e. The predicted molar refractivity (Wildman–Crippen MR) is 75.7 cm³/mol. The molecule has 1 atom stereocenters. The third-order valence-corrected chi connectivity index (χ3v) is 7.23. The minimum atomic E-state index is -3.29. The Morgan fingerprint density at radius 3 is 2.59 bits per heavy atom. The van der Waals surface area contributed by atoms with E-state index in [4.69, 9.17) is 0 Å². The fourth-order valence-electron chi connectivity index (χ4n) is 2.23.